The number of aromatic nitrogens is 2. The Kier molecular flexibility index (Phi) is 4.10. The molecule has 0 spiro atoms. The predicted molar refractivity (Wildman–Crippen MR) is 102 cm³/mol. The summed E-state index contributed by atoms with van der Waals surface area (Å²) >= 11 is 0. The van der Waals surface area contributed by atoms with Crippen molar-refractivity contribution in [3.8, 4) is 0 Å². The highest BCUT2D eigenvalue weighted by Gasteiger charge is 2.22. The summed E-state index contributed by atoms with van der Waals surface area (Å²) in [5, 5.41) is 0. The van der Waals surface area contributed by atoms with Crippen molar-refractivity contribution in [2.45, 2.75) is 19.9 Å². The maximum Gasteiger partial charge on any atom is 0.232 e. The predicted octanol–water partition coefficient (Wildman–Crippen LogP) is 4.12. The fourth-order valence-corrected chi connectivity index (χ4v) is 3.34. The van der Waals surface area contributed by atoms with Gasteiger partial charge < -0.3 is 9.80 Å². The Bertz CT molecular complexity index is 876. The van der Waals surface area contributed by atoms with E-state index in [1.807, 2.05) is 13.0 Å². The molecule has 25 heavy (non-hydrogen) atoms. The quantitative estimate of drug-likeness (QED) is 0.720. The van der Waals surface area contributed by atoms with E-state index in [0.29, 0.717) is 0 Å². The minimum atomic E-state index is 0.792. The molecule has 0 unspecified atom stereocenters. The van der Waals surface area contributed by atoms with Gasteiger partial charge in [-0.05, 0) is 30.5 Å². The number of para-hydroxylation sites is 1. The van der Waals surface area contributed by atoms with Gasteiger partial charge in [0.15, 0.2) is 0 Å². The molecule has 3 aromatic rings. The third kappa shape index (κ3) is 3.20. The zero-order valence-electron chi connectivity index (χ0n) is 14.7. The van der Waals surface area contributed by atoms with Crippen molar-refractivity contribution >= 4 is 17.5 Å². The lowest BCUT2D eigenvalue weighted by molar-refractivity contribution is 0.868. The molecular formula is C21H22N4. The zero-order valence-corrected chi connectivity index (χ0v) is 14.7. The lowest BCUT2D eigenvalue weighted by atomic mass is 10.2. The number of anilines is 3. The van der Waals surface area contributed by atoms with E-state index in [1.165, 1.54) is 16.8 Å². The van der Waals surface area contributed by atoms with Crippen LogP contribution in [0.25, 0.3) is 0 Å². The molecule has 4 heteroatoms. The Morgan fingerprint density at radius 2 is 1.76 bits per heavy atom. The Balaban J connectivity index is 1.63. The van der Waals surface area contributed by atoms with E-state index in [1.54, 1.807) is 0 Å². The SMILES string of the molecule is Cc1cc(N(C)Cc2ccccc2)nc(N2CCc3ccccc32)n1. The smallest absolute Gasteiger partial charge is 0.232 e. The molecule has 0 saturated carbocycles. The summed E-state index contributed by atoms with van der Waals surface area (Å²) in [6, 6.07) is 21.0. The first-order chi connectivity index (χ1) is 12.2. The van der Waals surface area contributed by atoms with Crippen LogP contribution in [0.15, 0.2) is 60.7 Å². The first-order valence-corrected chi connectivity index (χ1v) is 8.67. The largest absolute Gasteiger partial charge is 0.355 e. The summed E-state index contributed by atoms with van der Waals surface area (Å²) in [5.74, 6) is 1.75. The van der Waals surface area contributed by atoms with Gasteiger partial charge in [0.2, 0.25) is 5.95 Å². The van der Waals surface area contributed by atoms with Crippen LogP contribution in [0.1, 0.15) is 16.8 Å². The van der Waals surface area contributed by atoms with E-state index in [4.69, 9.17) is 9.97 Å². The normalized spacial score (nSPS) is 13.0. The fourth-order valence-electron chi connectivity index (χ4n) is 3.34. The van der Waals surface area contributed by atoms with Gasteiger partial charge in [-0.15, -0.1) is 0 Å². The average Bonchev–Trinajstić information content (AvgIpc) is 3.06. The van der Waals surface area contributed by atoms with Crippen LogP contribution in [0.5, 0.6) is 0 Å². The second-order valence-electron chi connectivity index (χ2n) is 6.54. The number of nitrogens with zero attached hydrogens (tertiary/aromatic N) is 4. The van der Waals surface area contributed by atoms with E-state index in [9.17, 15) is 0 Å². The van der Waals surface area contributed by atoms with E-state index >= 15 is 0 Å². The number of aryl methyl sites for hydroxylation is 1. The van der Waals surface area contributed by atoms with Gasteiger partial charge in [-0.2, -0.15) is 4.98 Å². The fraction of sp³-hybridized carbons (Fsp3) is 0.238. The summed E-state index contributed by atoms with van der Waals surface area (Å²) in [5.41, 5.74) is 4.86. The number of hydrogen-bond acceptors (Lipinski definition) is 4. The summed E-state index contributed by atoms with van der Waals surface area (Å²) in [6.07, 6.45) is 1.04. The molecule has 0 fully saturated rings. The highest BCUT2D eigenvalue weighted by Crippen LogP contribution is 2.33. The standard InChI is InChI=1S/C21H22N4/c1-16-14-20(24(2)15-17-8-4-3-5-9-17)23-21(22-16)25-13-12-18-10-6-7-11-19(18)25/h3-11,14H,12-13,15H2,1-2H3. The van der Waals surface area contributed by atoms with Crippen LogP contribution in [-0.2, 0) is 13.0 Å². The van der Waals surface area contributed by atoms with E-state index in [-0.39, 0.29) is 0 Å². The maximum absolute atomic E-state index is 4.85. The van der Waals surface area contributed by atoms with Crippen LogP contribution in [0.3, 0.4) is 0 Å². The lowest BCUT2D eigenvalue weighted by Crippen LogP contribution is -2.22. The Labute approximate surface area is 148 Å². The van der Waals surface area contributed by atoms with Crippen LogP contribution in [0.2, 0.25) is 0 Å². The zero-order chi connectivity index (χ0) is 17.2. The molecular weight excluding hydrogens is 308 g/mol. The summed E-state index contributed by atoms with van der Waals surface area (Å²) < 4.78 is 0. The highest BCUT2D eigenvalue weighted by molar-refractivity contribution is 5.66. The van der Waals surface area contributed by atoms with Crippen molar-refractivity contribution in [3.05, 3.63) is 77.5 Å². The van der Waals surface area contributed by atoms with Crippen molar-refractivity contribution in [2.24, 2.45) is 0 Å². The molecule has 1 aromatic heterocycles. The van der Waals surface area contributed by atoms with Crippen LogP contribution in [-0.4, -0.2) is 23.6 Å². The van der Waals surface area contributed by atoms with Gasteiger partial charge in [-0.1, -0.05) is 48.5 Å². The van der Waals surface area contributed by atoms with E-state index in [0.717, 1.165) is 37.0 Å². The monoisotopic (exact) mass is 330 g/mol. The molecule has 2 aromatic carbocycles. The van der Waals surface area contributed by atoms with E-state index < -0.39 is 0 Å². The molecule has 2 heterocycles. The van der Waals surface area contributed by atoms with Gasteiger partial charge in [-0.25, -0.2) is 4.98 Å². The second kappa shape index (κ2) is 6.55. The summed E-state index contributed by atoms with van der Waals surface area (Å²) in [7, 11) is 2.08. The molecule has 0 amide bonds. The van der Waals surface area contributed by atoms with Crippen LogP contribution in [0, 0.1) is 6.92 Å². The first kappa shape index (κ1) is 15.6. The molecule has 0 aliphatic carbocycles. The molecule has 126 valence electrons. The topological polar surface area (TPSA) is 32.3 Å². The van der Waals surface area contributed by atoms with Crippen LogP contribution >= 0.6 is 0 Å². The Morgan fingerprint density at radius 1 is 1.00 bits per heavy atom. The minimum Gasteiger partial charge on any atom is -0.355 e. The van der Waals surface area contributed by atoms with Crippen molar-refractivity contribution < 1.29 is 0 Å². The third-order valence-corrected chi connectivity index (χ3v) is 4.61. The molecule has 0 atom stereocenters. The first-order valence-electron chi connectivity index (χ1n) is 8.67. The third-order valence-electron chi connectivity index (χ3n) is 4.61. The van der Waals surface area contributed by atoms with Crippen molar-refractivity contribution in [2.75, 3.05) is 23.4 Å². The highest BCUT2D eigenvalue weighted by atomic mass is 15.3. The van der Waals surface area contributed by atoms with Gasteiger partial charge in [0.1, 0.15) is 5.82 Å². The van der Waals surface area contributed by atoms with Gasteiger partial charge in [0.05, 0.1) is 0 Å². The molecule has 0 N–H and O–H groups in total. The average molecular weight is 330 g/mol. The van der Waals surface area contributed by atoms with Crippen LogP contribution < -0.4 is 9.80 Å². The summed E-state index contributed by atoms with van der Waals surface area (Å²) in [4.78, 5) is 13.9. The summed E-state index contributed by atoms with van der Waals surface area (Å²) in [6.45, 7) is 3.80. The number of fused-ring (bicyclic) bond motifs is 1. The van der Waals surface area contributed by atoms with Crippen molar-refractivity contribution in [1.82, 2.24) is 9.97 Å². The lowest BCUT2D eigenvalue weighted by Gasteiger charge is -2.22. The van der Waals surface area contributed by atoms with Gasteiger partial charge in [-0.3, -0.25) is 0 Å². The molecule has 0 bridgehead atoms. The molecule has 4 nitrogen and oxygen atoms in total. The Morgan fingerprint density at radius 3 is 2.60 bits per heavy atom. The van der Waals surface area contributed by atoms with Crippen LogP contribution in [0.4, 0.5) is 17.5 Å². The molecule has 4 rings (SSSR count). The number of rotatable bonds is 4. The molecule has 0 radical (unpaired) electrons. The minimum absolute atomic E-state index is 0.792. The van der Waals surface area contributed by atoms with Crippen molar-refractivity contribution in [3.63, 3.8) is 0 Å². The van der Waals surface area contributed by atoms with Crippen molar-refractivity contribution in [1.29, 1.82) is 0 Å². The number of benzene rings is 2. The maximum atomic E-state index is 4.85. The van der Waals surface area contributed by atoms with Gasteiger partial charge >= 0.3 is 0 Å². The Hall–Kier alpha value is -2.88. The van der Waals surface area contributed by atoms with Gasteiger partial charge in [0, 0.05) is 37.6 Å². The second-order valence-corrected chi connectivity index (χ2v) is 6.54. The molecule has 1 aliphatic heterocycles. The van der Waals surface area contributed by atoms with E-state index in [2.05, 4.69) is 71.4 Å². The molecule has 1 aliphatic rings. The van der Waals surface area contributed by atoms with Gasteiger partial charge in [0.25, 0.3) is 0 Å². The molecule has 0 saturated heterocycles. The number of hydrogen-bond donors (Lipinski definition) is 0.